The van der Waals surface area contributed by atoms with E-state index in [9.17, 15) is 8.42 Å². The number of hydrogen-bond donors (Lipinski definition) is 2. The maximum atomic E-state index is 12.7. The molecule has 0 aliphatic rings. The second-order valence-corrected chi connectivity index (χ2v) is 7.81. The van der Waals surface area contributed by atoms with E-state index in [0.717, 1.165) is 22.5 Å². The zero-order chi connectivity index (χ0) is 19.3. The minimum atomic E-state index is -3.85. The molecule has 0 aliphatic carbocycles. The first-order chi connectivity index (χ1) is 12.9. The largest absolute Gasteiger partial charge is 0.325 e. The SMILES string of the molecule is Cc1ccc(NC(=NS(=O)(=O)c2ccccc2)Nc2ccc(C)cc2)cc1. The van der Waals surface area contributed by atoms with Crippen molar-refractivity contribution in [2.75, 3.05) is 10.6 Å². The van der Waals surface area contributed by atoms with Crippen molar-refractivity contribution in [2.45, 2.75) is 18.7 Å². The van der Waals surface area contributed by atoms with Crippen LogP contribution >= 0.6 is 0 Å². The molecule has 0 unspecified atom stereocenters. The number of nitrogens with one attached hydrogen (secondary N) is 2. The standard InChI is InChI=1S/C21H21N3O2S/c1-16-8-12-18(13-9-16)22-21(23-19-14-10-17(2)11-15-19)24-27(25,26)20-6-4-3-5-7-20/h3-15H,1-2H3,(H2,22,23,24). The van der Waals surface area contributed by atoms with E-state index in [-0.39, 0.29) is 10.9 Å². The summed E-state index contributed by atoms with van der Waals surface area (Å²) >= 11 is 0. The van der Waals surface area contributed by atoms with Gasteiger partial charge in [-0.3, -0.25) is 0 Å². The van der Waals surface area contributed by atoms with Crippen LogP contribution in [-0.2, 0) is 10.0 Å². The first kappa shape index (κ1) is 18.7. The Balaban J connectivity index is 1.95. The highest BCUT2D eigenvalue weighted by Gasteiger charge is 2.14. The maximum Gasteiger partial charge on any atom is 0.285 e. The van der Waals surface area contributed by atoms with Crippen LogP contribution in [0, 0.1) is 13.8 Å². The number of aryl methyl sites for hydroxylation is 2. The summed E-state index contributed by atoms with van der Waals surface area (Å²) in [6.07, 6.45) is 0. The van der Waals surface area contributed by atoms with Crippen LogP contribution in [0.4, 0.5) is 11.4 Å². The molecule has 0 amide bonds. The Bertz CT molecular complexity index is 978. The van der Waals surface area contributed by atoms with Crippen LogP contribution in [-0.4, -0.2) is 14.4 Å². The summed E-state index contributed by atoms with van der Waals surface area (Å²) in [7, 11) is -3.85. The Morgan fingerprint density at radius 1 is 0.704 bits per heavy atom. The predicted octanol–water partition coefficient (Wildman–Crippen LogP) is 4.57. The van der Waals surface area contributed by atoms with Crippen LogP contribution in [0.15, 0.2) is 88.2 Å². The van der Waals surface area contributed by atoms with Gasteiger partial charge in [0, 0.05) is 11.4 Å². The fourth-order valence-electron chi connectivity index (χ4n) is 2.39. The molecule has 0 saturated carbocycles. The van der Waals surface area contributed by atoms with Gasteiger partial charge >= 0.3 is 0 Å². The van der Waals surface area contributed by atoms with Crippen molar-refractivity contribution in [1.29, 1.82) is 0 Å². The van der Waals surface area contributed by atoms with E-state index in [1.807, 2.05) is 62.4 Å². The summed E-state index contributed by atoms with van der Waals surface area (Å²) in [4.78, 5) is 0.138. The molecule has 6 heteroatoms. The van der Waals surface area contributed by atoms with Gasteiger partial charge in [0.25, 0.3) is 10.0 Å². The van der Waals surface area contributed by atoms with Crippen LogP contribution < -0.4 is 10.6 Å². The van der Waals surface area contributed by atoms with E-state index in [0.29, 0.717) is 0 Å². The number of rotatable bonds is 4. The lowest BCUT2D eigenvalue weighted by atomic mass is 10.2. The molecule has 0 fully saturated rings. The van der Waals surface area contributed by atoms with E-state index in [2.05, 4.69) is 15.0 Å². The van der Waals surface area contributed by atoms with Gasteiger partial charge < -0.3 is 10.6 Å². The average molecular weight is 379 g/mol. The Labute approximate surface area is 159 Å². The number of anilines is 2. The van der Waals surface area contributed by atoms with Crippen LogP contribution in [0.1, 0.15) is 11.1 Å². The number of benzene rings is 3. The number of hydrogen-bond acceptors (Lipinski definition) is 2. The quantitative estimate of drug-likeness (QED) is 0.514. The summed E-state index contributed by atoms with van der Waals surface area (Å²) in [5.74, 6) is 0.131. The monoisotopic (exact) mass is 379 g/mol. The molecule has 3 rings (SSSR count). The van der Waals surface area contributed by atoms with Crippen molar-refractivity contribution in [1.82, 2.24) is 0 Å². The van der Waals surface area contributed by atoms with Crippen molar-refractivity contribution in [3.63, 3.8) is 0 Å². The lowest BCUT2D eigenvalue weighted by Crippen LogP contribution is -2.23. The number of nitrogens with zero attached hydrogens (tertiary/aromatic N) is 1. The molecule has 0 aromatic heterocycles. The normalized spacial score (nSPS) is 10.9. The first-order valence-electron chi connectivity index (χ1n) is 8.50. The van der Waals surface area contributed by atoms with E-state index in [1.54, 1.807) is 18.2 Å². The smallest absolute Gasteiger partial charge is 0.285 e. The van der Waals surface area contributed by atoms with Gasteiger partial charge in [-0.25, -0.2) is 0 Å². The fraction of sp³-hybridized carbons (Fsp3) is 0.0952. The highest BCUT2D eigenvalue weighted by molar-refractivity contribution is 7.90. The van der Waals surface area contributed by atoms with Crippen LogP contribution in [0.5, 0.6) is 0 Å². The highest BCUT2D eigenvalue weighted by Crippen LogP contribution is 2.15. The average Bonchev–Trinajstić information content (AvgIpc) is 2.66. The molecule has 0 radical (unpaired) electrons. The molecule has 0 aliphatic heterocycles. The number of guanidine groups is 1. The van der Waals surface area contributed by atoms with E-state index < -0.39 is 10.0 Å². The number of sulfonamides is 1. The van der Waals surface area contributed by atoms with Gasteiger partial charge in [-0.05, 0) is 50.2 Å². The van der Waals surface area contributed by atoms with Crippen LogP contribution in [0.25, 0.3) is 0 Å². The molecular weight excluding hydrogens is 358 g/mol. The van der Waals surface area contributed by atoms with Crippen molar-refractivity contribution in [3.05, 3.63) is 90.0 Å². The molecule has 138 valence electrons. The van der Waals surface area contributed by atoms with Crippen molar-refractivity contribution >= 4 is 27.4 Å². The third kappa shape index (κ3) is 5.18. The Hall–Kier alpha value is -3.12. The molecule has 3 aromatic carbocycles. The molecule has 0 bridgehead atoms. The lowest BCUT2D eigenvalue weighted by Gasteiger charge is -2.13. The fourth-order valence-corrected chi connectivity index (χ4v) is 3.33. The molecule has 0 saturated heterocycles. The second kappa shape index (κ2) is 8.05. The van der Waals surface area contributed by atoms with Gasteiger partial charge in [-0.15, -0.1) is 4.40 Å². The van der Waals surface area contributed by atoms with Gasteiger partial charge in [0.15, 0.2) is 0 Å². The van der Waals surface area contributed by atoms with Gasteiger partial charge in [-0.1, -0.05) is 53.6 Å². The molecule has 0 atom stereocenters. The molecule has 0 spiro atoms. The van der Waals surface area contributed by atoms with Crippen molar-refractivity contribution in [2.24, 2.45) is 4.40 Å². The van der Waals surface area contributed by atoms with Crippen molar-refractivity contribution in [3.8, 4) is 0 Å². The lowest BCUT2D eigenvalue weighted by molar-refractivity contribution is 0.598. The van der Waals surface area contributed by atoms with Gasteiger partial charge in [-0.2, -0.15) is 8.42 Å². The topological polar surface area (TPSA) is 70.6 Å². The van der Waals surface area contributed by atoms with Gasteiger partial charge in [0.2, 0.25) is 5.96 Å². The Morgan fingerprint density at radius 2 is 1.15 bits per heavy atom. The minimum Gasteiger partial charge on any atom is -0.325 e. The second-order valence-electron chi connectivity index (χ2n) is 6.21. The zero-order valence-corrected chi connectivity index (χ0v) is 16.0. The predicted molar refractivity (Wildman–Crippen MR) is 111 cm³/mol. The molecule has 2 N–H and O–H groups in total. The maximum absolute atomic E-state index is 12.7. The van der Waals surface area contributed by atoms with Crippen molar-refractivity contribution < 1.29 is 8.42 Å². The summed E-state index contributed by atoms with van der Waals surface area (Å²) in [5, 5.41) is 6.11. The van der Waals surface area contributed by atoms with E-state index in [1.165, 1.54) is 12.1 Å². The molecule has 5 nitrogen and oxygen atoms in total. The zero-order valence-electron chi connectivity index (χ0n) is 15.2. The first-order valence-corrected chi connectivity index (χ1v) is 9.94. The summed E-state index contributed by atoms with van der Waals surface area (Å²) < 4.78 is 29.3. The van der Waals surface area contributed by atoms with Crippen LogP contribution in [0.3, 0.4) is 0 Å². The molecule has 0 heterocycles. The Kier molecular flexibility index (Phi) is 5.57. The minimum absolute atomic E-state index is 0.131. The highest BCUT2D eigenvalue weighted by atomic mass is 32.2. The van der Waals surface area contributed by atoms with E-state index >= 15 is 0 Å². The van der Waals surface area contributed by atoms with Gasteiger partial charge in [0.1, 0.15) is 0 Å². The summed E-state index contributed by atoms with van der Waals surface area (Å²) in [6.45, 7) is 3.98. The molecule has 27 heavy (non-hydrogen) atoms. The third-order valence-corrected chi connectivity index (χ3v) is 5.17. The summed E-state index contributed by atoms with van der Waals surface area (Å²) in [6, 6.07) is 23.4. The molecular formula is C21H21N3O2S. The van der Waals surface area contributed by atoms with E-state index in [4.69, 9.17) is 0 Å². The van der Waals surface area contributed by atoms with Crippen LogP contribution in [0.2, 0.25) is 0 Å². The van der Waals surface area contributed by atoms with Gasteiger partial charge in [0.05, 0.1) is 4.90 Å². The summed E-state index contributed by atoms with van der Waals surface area (Å²) in [5.41, 5.74) is 3.70. The molecule has 3 aromatic rings. The Morgan fingerprint density at radius 3 is 1.59 bits per heavy atom. The third-order valence-electron chi connectivity index (χ3n) is 3.88.